The molecule has 10 heteroatoms. The Morgan fingerprint density at radius 1 is 1.13 bits per heavy atom. The topological polar surface area (TPSA) is 84.9 Å². The summed E-state index contributed by atoms with van der Waals surface area (Å²) in [7, 11) is -0.872. The van der Waals surface area contributed by atoms with E-state index in [0.717, 1.165) is 15.8 Å². The summed E-state index contributed by atoms with van der Waals surface area (Å²) in [5.74, 6) is 1.90. The molecule has 0 heterocycles. The quantitative estimate of drug-likeness (QED) is 0.481. The number of thioether (sulfide) groups is 1. The van der Waals surface area contributed by atoms with Crippen molar-refractivity contribution in [2.24, 2.45) is 0 Å². The SMILES string of the molecule is CCOc1ccc(OCCSC(C)C(=O)Nc2ccc(Cl)c(S(=O)(=O)N(C)C)c2)cc1. The molecule has 0 bridgehead atoms. The van der Waals surface area contributed by atoms with Gasteiger partial charge in [-0.15, -0.1) is 11.8 Å². The molecule has 31 heavy (non-hydrogen) atoms. The van der Waals surface area contributed by atoms with E-state index in [4.69, 9.17) is 21.1 Å². The Hall–Kier alpha value is -1.94. The summed E-state index contributed by atoms with van der Waals surface area (Å²) in [5, 5.41) is 2.49. The summed E-state index contributed by atoms with van der Waals surface area (Å²) >= 11 is 7.48. The molecule has 170 valence electrons. The number of ether oxygens (including phenoxy) is 2. The van der Waals surface area contributed by atoms with Crippen molar-refractivity contribution < 1.29 is 22.7 Å². The van der Waals surface area contributed by atoms with E-state index in [-0.39, 0.29) is 21.1 Å². The predicted molar refractivity (Wildman–Crippen MR) is 126 cm³/mol. The molecule has 2 aromatic carbocycles. The van der Waals surface area contributed by atoms with Gasteiger partial charge in [-0.2, -0.15) is 0 Å². The number of carbonyl (C=O) groups is 1. The number of halogens is 1. The van der Waals surface area contributed by atoms with Crippen molar-refractivity contribution in [2.75, 3.05) is 38.4 Å². The van der Waals surface area contributed by atoms with E-state index in [1.807, 2.05) is 31.2 Å². The minimum absolute atomic E-state index is 0.0546. The van der Waals surface area contributed by atoms with Crippen LogP contribution in [-0.4, -0.2) is 56.9 Å². The number of nitrogens with zero attached hydrogens (tertiary/aromatic N) is 1. The zero-order valence-corrected chi connectivity index (χ0v) is 20.3. The molecule has 1 N–H and O–H groups in total. The molecule has 0 saturated heterocycles. The van der Waals surface area contributed by atoms with Gasteiger partial charge in [-0.25, -0.2) is 12.7 Å². The summed E-state index contributed by atoms with van der Waals surface area (Å²) in [6, 6.07) is 11.8. The second kappa shape index (κ2) is 11.6. The zero-order chi connectivity index (χ0) is 23.0. The summed E-state index contributed by atoms with van der Waals surface area (Å²) < 4.78 is 36.9. The Morgan fingerprint density at radius 2 is 1.74 bits per heavy atom. The second-order valence-electron chi connectivity index (χ2n) is 6.69. The summed E-state index contributed by atoms with van der Waals surface area (Å²) in [6.45, 7) is 4.77. The molecular weight excluding hydrogens is 460 g/mol. The lowest BCUT2D eigenvalue weighted by molar-refractivity contribution is -0.115. The third-order valence-electron chi connectivity index (χ3n) is 4.18. The lowest BCUT2D eigenvalue weighted by Crippen LogP contribution is -2.25. The largest absolute Gasteiger partial charge is 0.494 e. The van der Waals surface area contributed by atoms with Crippen LogP contribution in [0.2, 0.25) is 5.02 Å². The zero-order valence-electron chi connectivity index (χ0n) is 17.9. The van der Waals surface area contributed by atoms with Gasteiger partial charge in [0.15, 0.2) is 0 Å². The van der Waals surface area contributed by atoms with Crippen LogP contribution in [0.3, 0.4) is 0 Å². The van der Waals surface area contributed by atoms with Crippen molar-refractivity contribution in [1.29, 1.82) is 0 Å². The van der Waals surface area contributed by atoms with Crippen molar-refractivity contribution in [2.45, 2.75) is 24.0 Å². The van der Waals surface area contributed by atoms with Crippen LogP contribution in [0.25, 0.3) is 0 Å². The van der Waals surface area contributed by atoms with Gasteiger partial charge in [0.2, 0.25) is 15.9 Å². The van der Waals surface area contributed by atoms with Gasteiger partial charge in [-0.1, -0.05) is 11.6 Å². The Balaban J connectivity index is 1.86. The molecule has 7 nitrogen and oxygen atoms in total. The van der Waals surface area contributed by atoms with Gasteiger partial charge < -0.3 is 14.8 Å². The number of anilines is 1. The fourth-order valence-electron chi connectivity index (χ4n) is 2.48. The second-order valence-corrected chi connectivity index (χ2v) is 10.7. The highest BCUT2D eigenvalue weighted by Gasteiger charge is 2.22. The van der Waals surface area contributed by atoms with Gasteiger partial charge in [-0.3, -0.25) is 4.79 Å². The summed E-state index contributed by atoms with van der Waals surface area (Å²) in [5.41, 5.74) is 0.368. The van der Waals surface area contributed by atoms with Crippen LogP contribution in [0.15, 0.2) is 47.4 Å². The van der Waals surface area contributed by atoms with E-state index < -0.39 is 10.0 Å². The van der Waals surface area contributed by atoms with Gasteiger partial charge in [0.1, 0.15) is 16.4 Å². The number of sulfonamides is 1. The maximum atomic E-state index is 12.5. The molecule has 0 spiro atoms. The number of rotatable bonds is 11. The normalized spacial score (nSPS) is 12.5. The molecule has 0 fully saturated rings. The molecule has 2 aromatic rings. The first-order valence-electron chi connectivity index (χ1n) is 9.65. The minimum Gasteiger partial charge on any atom is -0.494 e. The van der Waals surface area contributed by atoms with Gasteiger partial charge in [0.05, 0.1) is 23.5 Å². The highest BCUT2D eigenvalue weighted by atomic mass is 35.5. The molecule has 0 aliphatic carbocycles. The third-order valence-corrected chi connectivity index (χ3v) is 7.59. The van der Waals surface area contributed by atoms with E-state index in [1.54, 1.807) is 13.0 Å². The fraction of sp³-hybridized carbons (Fsp3) is 0.381. The van der Waals surface area contributed by atoms with Crippen LogP contribution < -0.4 is 14.8 Å². The van der Waals surface area contributed by atoms with Crippen LogP contribution in [-0.2, 0) is 14.8 Å². The number of carbonyl (C=O) groups excluding carboxylic acids is 1. The van der Waals surface area contributed by atoms with E-state index in [1.165, 1.54) is 38.0 Å². The monoisotopic (exact) mass is 486 g/mol. The molecule has 2 rings (SSSR count). The third kappa shape index (κ3) is 7.31. The van der Waals surface area contributed by atoms with Crippen LogP contribution >= 0.6 is 23.4 Å². The van der Waals surface area contributed by atoms with Crippen molar-refractivity contribution >= 4 is 45.0 Å². The average Bonchev–Trinajstić information content (AvgIpc) is 2.73. The number of hydrogen-bond acceptors (Lipinski definition) is 6. The fourth-order valence-corrected chi connectivity index (χ4v) is 4.62. The van der Waals surface area contributed by atoms with Crippen LogP contribution in [0.5, 0.6) is 11.5 Å². The van der Waals surface area contributed by atoms with Crippen molar-refractivity contribution in [3.05, 3.63) is 47.5 Å². The molecule has 1 unspecified atom stereocenters. The molecule has 0 radical (unpaired) electrons. The van der Waals surface area contributed by atoms with E-state index in [0.29, 0.717) is 24.7 Å². The molecule has 1 atom stereocenters. The van der Waals surface area contributed by atoms with E-state index in [2.05, 4.69) is 5.32 Å². The number of benzene rings is 2. The van der Waals surface area contributed by atoms with Gasteiger partial charge in [0.25, 0.3) is 0 Å². The Kier molecular flexibility index (Phi) is 9.49. The first-order valence-corrected chi connectivity index (χ1v) is 12.5. The maximum absolute atomic E-state index is 12.5. The van der Waals surface area contributed by atoms with Crippen LogP contribution in [0, 0.1) is 0 Å². The summed E-state index contributed by atoms with van der Waals surface area (Å²) in [6.07, 6.45) is 0. The summed E-state index contributed by atoms with van der Waals surface area (Å²) in [4.78, 5) is 12.4. The average molecular weight is 487 g/mol. The standard InChI is InChI=1S/C21H27ClN2O5S2/c1-5-28-17-7-9-18(10-8-17)29-12-13-30-15(2)21(25)23-16-6-11-19(22)20(14-16)31(26,27)24(3)4/h6-11,14-15H,5,12-13H2,1-4H3,(H,23,25). The molecule has 1 amide bonds. The Labute approximate surface area is 193 Å². The number of hydrogen-bond donors (Lipinski definition) is 1. The minimum atomic E-state index is -3.72. The van der Waals surface area contributed by atoms with E-state index in [9.17, 15) is 13.2 Å². The van der Waals surface area contributed by atoms with Gasteiger partial charge in [-0.05, 0) is 56.3 Å². The number of amides is 1. The van der Waals surface area contributed by atoms with Crippen molar-refractivity contribution in [3.63, 3.8) is 0 Å². The highest BCUT2D eigenvalue weighted by Crippen LogP contribution is 2.27. The molecule has 0 aliphatic rings. The van der Waals surface area contributed by atoms with Gasteiger partial charge in [0, 0.05) is 25.5 Å². The lowest BCUT2D eigenvalue weighted by atomic mass is 10.3. The molecule has 0 aromatic heterocycles. The Morgan fingerprint density at radius 3 is 2.32 bits per heavy atom. The molecular formula is C21H27ClN2O5S2. The lowest BCUT2D eigenvalue weighted by Gasteiger charge is -2.16. The first-order chi connectivity index (χ1) is 14.6. The van der Waals surface area contributed by atoms with Crippen LogP contribution in [0.4, 0.5) is 5.69 Å². The maximum Gasteiger partial charge on any atom is 0.244 e. The molecule has 0 aliphatic heterocycles. The smallest absolute Gasteiger partial charge is 0.244 e. The highest BCUT2D eigenvalue weighted by molar-refractivity contribution is 8.00. The predicted octanol–water partition coefficient (Wildman–Crippen LogP) is 4.13. The first kappa shape index (κ1) is 25.3. The van der Waals surface area contributed by atoms with Crippen molar-refractivity contribution in [3.8, 4) is 11.5 Å². The van der Waals surface area contributed by atoms with E-state index >= 15 is 0 Å². The van der Waals surface area contributed by atoms with Gasteiger partial charge >= 0.3 is 0 Å². The number of nitrogens with one attached hydrogen (secondary N) is 1. The van der Waals surface area contributed by atoms with Crippen molar-refractivity contribution in [1.82, 2.24) is 4.31 Å². The Bertz CT molecular complexity index is 982. The molecule has 0 saturated carbocycles. The van der Waals surface area contributed by atoms with Crippen LogP contribution in [0.1, 0.15) is 13.8 Å².